The van der Waals surface area contributed by atoms with Gasteiger partial charge in [0.05, 0.1) is 5.41 Å². The average molecular weight is 221 g/mol. The van der Waals surface area contributed by atoms with E-state index in [4.69, 9.17) is 11.6 Å². The Morgan fingerprint density at radius 2 is 2.00 bits per heavy atom. The predicted octanol–water partition coefficient (Wildman–Crippen LogP) is 3.28. The second-order valence-corrected chi connectivity index (χ2v) is 5.03. The lowest BCUT2D eigenvalue weighted by atomic mass is 9.57. The second kappa shape index (κ2) is 3.08. The van der Waals surface area contributed by atoms with Crippen molar-refractivity contribution >= 4 is 17.4 Å². The summed E-state index contributed by atoms with van der Waals surface area (Å²) < 4.78 is 0. The zero-order valence-electron chi connectivity index (χ0n) is 8.55. The number of hydrogen-bond acceptors (Lipinski definition) is 1. The number of Topliss-reactive ketones (excluding diaryl/α,β-unsaturated/α-hetero) is 1. The highest BCUT2D eigenvalue weighted by atomic mass is 35.5. The maximum absolute atomic E-state index is 12.0. The zero-order valence-corrected chi connectivity index (χ0v) is 9.31. The van der Waals surface area contributed by atoms with Crippen LogP contribution in [0.15, 0.2) is 18.2 Å². The highest BCUT2D eigenvalue weighted by molar-refractivity contribution is 6.31. The summed E-state index contributed by atoms with van der Waals surface area (Å²) in [5.41, 5.74) is 2.30. The van der Waals surface area contributed by atoms with Crippen LogP contribution in [0, 0.1) is 0 Å². The van der Waals surface area contributed by atoms with Crippen molar-refractivity contribution < 1.29 is 4.79 Å². The first-order chi connectivity index (χ1) is 7.24. The molecule has 1 aromatic carbocycles. The highest BCUT2D eigenvalue weighted by Gasteiger charge is 2.48. The quantitative estimate of drug-likeness (QED) is 0.656. The SMILES string of the molecule is O=C1CCc2c(Cl)cccc2C12CCC2. The first-order valence-electron chi connectivity index (χ1n) is 5.55. The van der Waals surface area contributed by atoms with Gasteiger partial charge in [0, 0.05) is 11.4 Å². The number of rotatable bonds is 0. The van der Waals surface area contributed by atoms with E-state index in [2.05, 4.69) is 6.07 Å². The molecule has 1 spiro atoms. The lowest BCUT2D eigenvalue weighted by Gasteiger charge is -2.44. The molecule has 0 aliphatic heterocycles. The third kappa shape index (κ3) is 1.13. The summed E-state index contributed by atoms with van der Waals surface area (Å²) in [6.45, 7) is 0. The Morgan fingerprint density at radius 1 is 1.20 bits per heavy atom. The van der Waals surface area contributed by atoms with E-state index in [1.165, 1.54) is 17.5 Å². The van der Waals surface area contributed by atoms with Gasteiger partial charge in [-0.3, -0.25) is 4.79 Å². The number of fused-ring (bicyclic) bond motifs is 2. The van der Waals surface area contributed by atoms with Crippen molar-refractivity contribution in [2.45, 2.75) is 37.5 Å². The largest absolute Gasteiger partial charge is 0.299 e. The van der Waals surface area contributed by atoms with Gasteiger partial charge in [-0.05, 0) is 36.5 Å². The number of halogens is 1. The summed E-state index contributed by atoms with van der Waals surface area (Å²) >= 11 is 6.19. The molecule has 0 N–H and O–H groups in total. The van der Waals surface area contributed by atoms with Gasteiger partial charge >= 0.3 is 0 Å². The Balaban J connectivity index is 2.20. The molecule has 1 saturated carbocycles. The van der Waals surface area contributed by atoms with Crippen LogP contribution < -0.4 is 0 Å². The molecule has 3 rings (SSSR count). The van der Waals surface area contributed by atoms with E-state index in [-0.39, 0.29) is 5.41 Å². The topological polar surface area (TPSA) is 17.1 Å². The van der Waals surface area contributed by atoms with Crippen molar-refractivity contribution in [2.75, 3.05) is 0 Å². The molecule has 0 amide bonds. The van der Waals surface area contributed by atoms with E-state index < -0.39 is 0 Å². The number of benzene rings is 1. The Kier molecular flexibility index (Phi) is 1.93. The van der Waals surface area contributed by atoms with E-state index >= 15 is 0 Å². The van der Waals surface area contributed by atoms with Crippen molar-refractivity contribution in [1.29, 1.82) is 0 Å². The van der Waals surface area contributed by atoms with Gasteiger partial charge < -0.3 is 0 Å². The van der Waals surface area contributed by atoms with Crippen LogP contribution in [0.1, 0.15) is 36.8 Å². The maximum atomic E-state index is 12.0. The number of ketones is 1. The fourth-order valence-electron chi connectivity index (χ4n) is 2.97. The molecule has 2 aliphatic rings. The van der Waals surface area contributed by atoms with Crippen LogP contribution in [0.25, 0.3) is 0 Å². The van der Waals surface area contributed by atoms with Gasteiger partial charge in [-0.1, -0.05) is 30.2 Å². The van der Waals surface area contributed by atoms with Crippen molar-refractivity contribution in [3.63, 3.8) is 0 Å². The fraction of sp³-hybridized carbons (Fsp3) is 0.462. The van der Waals surface area contributed by atoms with Gasteiger partial charge in [0.1, 0.15) is 5.78 Å². The minimum absolute atomic E-state index is 0.140. The van der Waals surface area contributed by atoms with E-state index in [1.54, 1.807) is 0 Å². The van der Waals surface area contributed by atoms with E-state index in [1.807, 2.05) is 12.1 Å². The van der Waals surface area contributed by atoms with Gasteiger partial charge in [0.2, 0.25) is 0 Å². The standard InChI is InChI=1S/C13H13ClO/c14-11-4-1-3-10-9(11)5-6-12(15)13(10)7-2-8-13/h1,3-4H,2,5-8H2. The number of carbonyl (C=O) groups excluding carboxylic acids is 1. The lowest BCUT2D eigenvalue weighted by molar-refractivity contribution is -0.128. The van der Waals surface area contributed by atoms with Crippen molar-refractivity contribution in [3.8, 4) is 0 Å². The first-order valence-corrected chi connectivity index (χ1v) is 5.93. The summed E-state index contributed by atoms with van der Waals surface area (Å²) in [7, 11) is 0. The molecule has 0 heterocycles. The van der Waals surface area contributed by atoms with Crippen molar-refractivity contribution in [1.82, 2.24) is 0 Å². The Morgan fingerprint density at radius 3 is 2.67 bits per heavy atom. The van der Waals surface area contributed by atoms with Gasteiger partial charge in [0.25, 0.3) is 0 Å². The first kappa shape index (κ1) is 9.41. The second-order valence-electron chi connectivity index (χ2n) is 4.62. The van der Waals surface area contributed by atoms with Crippen LogP contribution >= 0.6 is 11.6 Å². The molecule has 1 aromatic rings. The molecule has 1 nitrogen and oxygen atoms in total. The molecule has 0 saturated heterocycles. The van der Waals surface area contributed by atoms with E-state index in [0.29, 0.717) is 12.2 Å². The zero-order chi connectivity index (χ0) is 10.5. The average Bonchev–Trinajstić information content (AvgIpc) is 2.15. The molecule has 0 atom stereocenters. The van der Waals surface area contributed by atoms with Crippen LogP contribution in [0.4, 0.5) is 0 Å². The molecule has 15 heavy (non-hydrogen) atoms. The van der Waals surface area contributed by atoms with Crippen molar-refractivity contribution in [3.05, 3.63) is 34.3 Å². The fourth-order valence-corrected chi connectivity index (χ4v) is 3.24. The van der Waals surface area contributed by atoms with Gasteiger partial charge in [-0.2, -0.15) is 0 Å². The maximum Gasteiger partial charge on any atom is 0.143 e. The molecule has 1 fully saturated rings. The molecule has 0 radical (unpaired) electrons. The molecular formula is C13H13ClO. The van der Waals surface area contributed by atoms with Gasteiger partial charge in [0.15, 0.2) is 0 Å². The molecule has 0 unspecified atom stereocenters. The highest BCUT2D eigenvalue weighted by Crippen LogP contribution is 2.50. The molecule has 78 valence electrons. The van der Waals surface area contributed by atoms with E-state index in [0.717, 1.165) is 24.3 Å². The summed E-state index contributed by atoms with van der Waals surface area (Å²) in [5, 5.41) is 0.839. The van der Waals surface area contributed by atoms with Gasteiger partial charge in [-0.15, -0.1) is 0 Å². The normalized spacial score (nSPS) is 22.3. The van der Waals surface area contributed by atoms with Crippen molar-refractivity contribution in [2.24, 2.45) is 0 Å². The van der Waals surface area contributed by atoms with E-state index in [9.17, 15) is 4.79 Å². The monoisotopic (exact) mass is 220 g/mol. The van der Waals surface area contributed by atoms with Crippen LogP contribution in [0.3, 0.4) is 0 Å². The molecule has 2 aliphatic carbocycles. The Hall–Kier alpha value is -0.820. The minimum atomic E-state index is -0.140. The summed E-state index contributed by atoms with van der Waals surface area (Å²) in [6.07, 6.45) is 4.74. The third-order valence-electron chi connectivity index (χ3n) is 3.98. The molecule has 0 bridgehead atoms. The molecule has 0 aromatic heterocycles. The van der Waals surface area contributed by atoms with Gasteiger partial charge in [-0.25, -0.2) is 0 Å². The molecular weight excluding hydrogens is 208 g/mol. The molecule has 2 heteroatoms. The lowest BCUT2D eigenvalue weighted by Crippen LogP contribution is -2.45. The number of hydrogen-bond donors (Lipinski definition) is 0. The van der Waals surface area contributed by atoms with Crippen LogP contribution in [-0.4, -0.2) is 5.78 Å². The van der Waals surface area contributed by atoms with Crippen LogP contribution in [-0.2, 0) is 16.6 Å². The predicted molar refractivity (Wildman–Crippen MR) is 60.3 cm³/mol. The van der Waals surface area contributed by atoms with Crippen LogP contribution in [0.5, 0.6) is 0 Å². The number of carbonyl (C=O) groups is 1. The minimum Gasteiger partial charge on any atom is -0.299 e. The summed E-state index contributed by atoms with van der Waals surface area (Å²) in [4.78, 5) is 12.0. The summed E-state index contributed by atoms with van der Waals surface area (Å²) in [6, 6.07) is 6.00. The summed E-state index contributed by atoms with van der Waals surface area (Å²) in [5.74, 6) is 0.434. The van der Waals surface area contributed by atoms with Crippen LogP contribution in [0.2, 0.25) is 5.02 Å². The third-order valence-corrected chi connectivity index (χ3v) is 4.33. The smallest absolute Gasteiger partial charge is 0.143 e. The Labute approximate surface area is 94.4 Å². The Bertz CT molecular complexity index is 432.